The zero-order chi connectivity index (χ0) is 12.6. The molecule has 0 aliphatic heterocycles. The lowest BCUT2D eigenvalue weighted by Gasteiger charge is -2.08. The molecule has 2 aromatic rings. The molecule has 1 aromatic carbocycles. The minimum absolute atomic E-state index is 0.00278. The molecule has 1 N–H and O–H groups in total. The molecule has 4 nitrogen and oxygen atoms in total. The smallest absolute Gasteiger partial charge is 0.449 e. The molecule has 0 atom stereocenters. The molecule has 17 heavy (non-hydrogen) atoms. The highest BCUT2D eigenvalue weighted by Gasteiger charge is 2.34. The predicted molar refractivity (Wildman–Crippen MR) is 53.9 cm³/mol. The predicted octanol–water partition coefficient (Wildman–Crippen LogP) is 1.95. The average molecular weight is 244 g/mol. The van der Waals surface area contributed by atoms with Crippen LogP contribution in [0, 0.1) is 0 Å². The van der Waals surface area contributed by atoms with Gasteiger partial charge in [0, 0.05) is 0 Å². The standard InChI is InChI=1S/C10H7F3N2O2/c1-17-6-4-2-3-5-7(6)8(16)15-9(14-5)10(11,12)13/h2-4H,1H3,(H,14,15,16). The van der Waals surface area contributed by atoms with Crippen LogP contribution in [0.3, 0.4) is 0 Å². The van der Waals surface area contributed by atoms with Gasteiger partial charge in [0.05, 0.1) is 12.6 Å². The molecule has 0 radical (unpaired) electrons. The van der Waals surface area contributed by atoms with Gasteiger partial charge >= 0.3 is 6.18 Å². The van der Waals surface area contributed by atoms with E-state index in [9.17, 15) is 18.0 Å². The fraction of sp³-hybridized carbons (Fsp3) is 0.200. The van der Waals surface area contributed by atoms with E-state index < -0.39 is 17.6 Å². The van der Waals surface area contributed by atoms with Crippen molar-refractivity contribution < 1.29 is 17.9 Å². The summed E-state index contributed by atoms with van der Waals surface area (Å²) in [6.45, 7) is 0. The van der Waals surface area contributed by atoms with Crippen LogP contribution in [0.25, 0.3) is 10.9 Å². The van der Waals surface area contributed by atoms with Crippen molar-refractivity contribution >= 4 is 10.9 Å². The maximum absolute atomic E-state index is 12.4. The first-order valence-electron chi connectivity index (χ1n) is 4.57. The Morgan fingerprint density at radius 1 is 1.35 bits per heavy atom. The Morgan fingerprint density at radius 3 is 2.65 bits per heavy atom. The SMILES string of the molecule is COc1cccc2nc(C(F)(F)F)[nH]c(=O)c12. The van der Waals surface area contributed by atoms with Crippen LogP contribution in [-0.2, 0) is 6.18 Å². The normalized spacial score (nSPS) is 11.8. The molecule has 1 aromatic heterocycles. The molecule has 0 bridgehead atoms. The molecule has 0 aliphatic rings. The van der Waals surface area contributed by atoms with Crippen LogP contribution in [0.2, 0.25) is 0 Å². The molecular formula is C10H7F3N2O2. The van der Waals surface area contributed by atoms with Crippen LogP contribution in [-0.4, -0.2) is 17.1 Å². The number of benzene rings is 1. The Hall–Kier alpha value is -2.05. The van der Waals surface area contributed by atoms with E-state index >= 15 is 0 Å². The van der Waals surface area contributed by atoms with Crippen LogP contribution in [0.4, 0.5) is 13.2 Å². The first-order valence-corrected chi connectivity index (χ1v) is 4.57. The van der Waals surface area contributed by atoms with E-state index in [4.69, 9.17) is 4.74 Å². The van der Waals surface area contributed by atoms with Gasteiger partial charge in [0.25, 0.3) is 5.56 Å². The van der Waals surface area contributed by atoms with Gasteiger partial charge in [-0.05, 0) is 12.1 Å². The van der Waals surface area contributed by atoms with Crippen molar-refractivity contribution in [2.24, 2.45) is 0 Å². The third-order valence-corrected chi connectivity index (χ3v) is 2.18. The van der Waals surface area contributed by atoms with Gasteiger partial charge in [0.15, 0.2) is 0 Å². The van der Waals surface area contributed by atoms with Crippen molar-refractivity contribution in [2.45, 2.75) is 6.18 Å². The number of ether oxygens (including phenoxy) is 1. The van der Waals surface area contributed by atoms with E-state index in [1.807, 2.05) is 0 Å². The summed E-state index contributed by atoms with van der Waals surface area (Å²) >= 11 is 0. The zero-order valence-electron chi connectivity index (χ0n) is 8.63. The third kappa shape index (κ3) is 1.95. The molecule has 0 saturated carbocycles. The lowest BCUT2D eigenvalue weighted by Crippen LogP contribution is -2.19. The maximum Gasteiger partial charge on any atom is 0.449 e. The molecule has 0 aliphatic carbocycles. The van der Waals surface area contributed by atoms with Gasteiger partial charge in [-0.15, -0.1) is 0 Å². The van der Waals surface area contributed by atoms with Gasteiger partial charge in [0.2, 0.25) is 5.82 Å². The Kier molecular flexibility index (Phi) is 2.53. The number of H-pyrrole nitrogens is 1. The summed E-state index contributed by atoms with van der Waals surface area (Å²) < 4.78 is 42.1. The van der Waals surface area contributed by atoms with E-state index in [1.54, 1.807) is 4.98 Å². The molecule has 0 amide bonds. The topological polar surface area (TPSA) is 55.0 Å². The van der Waals surface area contributed by atoms with Crippen LogP contribution in [0.5, 0.6) is 5.75 Å². The van der Waals surface area contributed by atoms with E-state index in [2.05, 4.69) is 4.98 Å². The molecule has 0 unspecified atom stereocenters. The summed E-state index contributed by atoms with van der Waals surface area (Å²) in [6.07, 6.45) is -4.68. The minimum Gasteiger partial charge on any atom is -0.496 e. The number of aromatic amines is 1. The highest BCUT2D eigenvalue weighted by Crippen LogP contribution is 2.27. The molecular weight excluding hydrogens is 237 g/mol. The molecule has 0 saturated heterocycles. The number of nitrogens with zero attached hydrogens (tertiary/aromatic N) is 1. The Balaban J connectivity index is 2.81. The zero-order valence-corrected chi connectivity index (χ0v) is 8.63. The molecule has 0 fully saturated rings. The van der Waals surface area contributed by atoms with Gasteiger partial charge in [-0.25, -0.2) is 4.98 Å². The molecule has 90 valence electrons. The van der Waals surface area contributed by atoms with E-state index in [0.29, 0.717) is 0 Å². The van der Waals surface area contributed by atoms with Gasteiger partial charge in [-0.3, -0.25) is 4.79 Å². The van der Waals surface area contributed by atoms with E-state index in [-0.39, 0.29) is 16.7 Å². The number of rotatable bonds is 1. The maximum atomic E-state index is 12.4. The van der Waals surface area contributed by atoms with Crippen molar-refractivity contribution in [3.8, 4) is 5.75 Å². The van der Waals surface area contributed by atoms with Crippen molar-refractivity contribution in [3.05, 3.63) is 34.4 Å². The summed E-state index contributed by atoms with van der Waals surface area (Å²) in [5.41, 5.74) is -0.930. The second-order valence-corrected chi connectivity index (χ2v) is 3.27. The van der Waals surface area contributed by atoms with Gasteiger partial charge in [-0.2, -0.15) is 13.2 Å². The largest absolute Gasteiger partial charge is 0.496 e. The summed E-state index contributed by atoms with van der Waals surface area (Å²) in [5.74, 6) is -1.13. The number of aromatic nitrogens is 2. The number of fused-ring (bicyclic) bond motifs is 1. The van der Waals surface area contributed by atoms with Gasteiger partial charge in [0.1, 0.15) is 11.1 Å². The average Bonchev–Trinajstić information content (AvgIpc) is 2.26. The molecule has 2 rings (SSSR count). The lowest BCUT2D eigenvalue weighted by atomic mass is 10.2. The summed E-state index contributed by atoms with van der Waals surface area (Å²) in [5, 5.41) is 0.00278. The number of hydrogen-bond donors (Lipinski definition) is 1. The lowest BCUT2D eigenvalue weighted by molar-refractivity contribution is -0.144. The van der Waals surface area contributed by atoms with Crippen LogP contribution >= 0.6 is 0 Å². The van der Waals surface area contributed by atoms with Crippen molar-refractivity contribution in [3.63, 3.8) is 0 Å². The number of halogens is 3. The molecule has 0 spiro atoms. The number of nitrogens with one attached hydrogen (secondary N) is 1. The summed E-state index contributed by atoms with van der Waals surface area (Å²) in [6, 6.07) is 4.27. The minimum atomic E-state index is -4.68. The third-order valence-electron chi connectivity index (χ3n) is 2.18. The quantitative estimate of drug-likeness (QED) is 0.834. The van der Waals surface area contributed by atoms with Crippen molar-refractivity contribution in [1.29, 1.82) is 0 Å². The van der Waals surface area contributed by atoms with Crippen LogP contribution < -0.4 is 10.3 Å². The summed E-state index contributed by atoms with van der Waals surface area (Å²) in [7, 11) is 1.33. The van der Waals surface area contributed by atoms with Gasteiger partial charge in [-0.1, -0.05) is 6.07 Å². The Bertz CT molecular complexity index is 619. The van der Waals surface area contributed by atoms with Crippen LogP contribution in [0.15, 0.2) is 23.0 Å². The van der Waals surface area contributed by atoms with Crippen LogP contribution in [0.1, 0.15) is 5.82 Å². The Labute approximate surface area is 93.1 Å². The molecule has 7 heteroatoms. The monoisotopic (exact) mass is 244 g/mol. The first-order chi connectivity index (χ1) is 7.93. The summed E-state index contributed by atoms with van der Waals surface area (Å²) in [4.78, 5) is 16.6. The van der Waals surface area contributed by atoms with E-state index in [0.717, 1.165) is 0 Å². The second kappa shape index (κ2) is 3.76. The second-order valence-electron chi connectivity index (χ2n) is 3.27. The number of hydrogen-bond acceptors (Lipinski definition) is 3. The Morgan fingerprint density at radius 2 is 2.06 bits per heavy atom. The van der Waals surface area contributed by atoms with Gasteiger partial charge < -0.3 is 9.72 Å². The fourth-order valence-corrected chi connectivity index (χ4v) is 1.46. The number of methoxy groups -OCH3 is 1. The molecule has 1 heterocycles. The number of alkyl halides is 3. The van der Waals surface area contributed by atoms with Crippen molar-refractivity contribution in [1.82, 2.24) is 9.97 Å². The van der Waals surface area contributed by atoms with E-state index in [1.165, 1.54) is 25.3 Å². The van der Waals surface area contributed by atoms with Crippen molar-refractivity contribution in [2.75, 3.05) is 7.11 Å². The fourth-order valence-electron chi connectivity index (χ4n) is 1.46. The highest BCUT2D eigenvalue weighted by atomic mass is 19.4. The highest BCUT2D eigenvalue weighted by molar-refractivity contribution is 5.84. The first kappa shape index (κ1) is 11.4.